The van der Waals surface area contributed by atoms with E-state index < -0.39 is 0 Å². The summed E-state index contributed by atoms with van der Waals surface area (Å²) in [6, 6.07) is 19.4. The Morgan fingerprint density at radius 3 is 2.67 bits per heavy atom. The summed E-state index contributed by atoms with van der Waals surface area (Å²) in [7, 11) is 1.39. The molecule has 0 aliphatic carbocycles. The first-order valence-electron chi connectivity index (χ1n) is 11.7. The Hall–Kier alpha value is -4.04. The molecule has 1 N–H and O–H groups in total. The molecule has 7 nitrogen and oxygen atoms in total. The highest BCUT2D eigenvalue weighted by Gasteiger charge is 2.41. The Morgan fingerprint density at radius 1 is 1.08 bits per heavy atom. The lowest BCUT2D eigenvalue weighted by molar-refractivity contribution is 0.0600. The highest BCUT2D eigenvalue weighted by Crippen LogP contribution is 2.42. The van der Waals surface area contributed by atoms with Gasteiger partial charge >= 0.3 is 5.97 Å². The summed E-state index contributed by atoms with van der Waals surface area (Å²) in [6.07, 6.45) is 5.45. The van der Waals surface area contributed by atoms with Crippen molar-refractivity contribution in [3.8, 4) is 5.69 Å². The molecule has 3 aromatic heterocycles. The average molecular weight is 498 g/mol. The van der Waals surface area contributed by atoms with Gasteiger partial charge in [0.2, 0.25) is 0 Å². The Bertz CT molecular complexity index is 1400. The molecule has 1 saturated heterocycles. The van der Waals surface area contributed by atoms with Crippen LogP contribution < -0.4 is 5.32 Å². The number of rotatable bonds is 6. The molecular formula is C28H27N5O2S. The van der Waals surface area contributed by atoms with Crippen LogP contribution in [-0.4, -0.2) is 37.6 Å². The maximum Gasteiger partial charge on any atom is 0.337 e. The standard InChI is InChI=1S/C28H27N5O2S/c1-18-14-23(19(2)33(18)22-10-6-9-21(15-22)27(34)35-3)26-25(24-11-4-5-13-30-24)31-28(36)32(26)17-20-8-7-12-29-16-20/h4-16,25-26H,17H2,1-3H3,(H,31,36). The number of carbonyl (C=O) groups excluding carboxylic acids is 1. The van der Waals surface area contributed by atoms with Crippen LogP contribution in [0.3, 0.4) is 0 Å². The first-order valence-corrected chi connectivity index (χ1v) is 12.1. The van der Waals surface area contributed by atoms with Crippen molar-refractivity contribution in [2.24, 2.45) is 0 Å². The van der Waals surface area contributed by atoms with Gasteiger partial charge in [-0.15, -0.1) is 0 Å². The average Bonchev–Trinajstić information content (AvgIpc) is 3.39. The quantitative estimate of drug-likeness (QED) is 0.302. The molecule has 1 aliphatic heterocycles. The molecule has 5 rings (SSSR count). The lowest BCUT2D eigenvalue weighted by atomic mass is 9.96. The molecular weight excluding hydrogens is 470 g/mol. The third-order valence-electron chi connectivity index (χ3n) is 6.59. The molecule has 8 heteroatoms. The van der Waals surface area contributed by atoms with Crippen LogP contribution in [0.15, 0.2) is 79.3 Å². The van der Waals surface area contributed by atoms with E-state index in [0.29, 0.717) is 17.2 Å². The fraction of sp³-hybridized carbons (Fsp3) is 0.214. The molecule has 1 aromatic carbocycles. The van der Waals surface area contributed by atoms with Crippen molar-refractivity contribution in [2.45, 2.75) is 32.5 Å². The van der Waals surface area contributed by atoms with Gasteiger partial charge in [-0.1, -0.05) is 18.2 Å². The van der Waals surface area contributed by atoms with Gasteiger partial charge in [-0.2, -0.15) is 0 Å². The summed E-state index contributed by atoms with van der Waals surface area (Å²) in [4.78, 5) is 23.3. The molecule has 0 radical (unpaired) electrons. The summed E-state index contributed by atoms with van der Waals surface area (Å²) in [5.41, 5.74) is 6.69. The van der Waals surface area contributed by atoms with Gasteiger partial charge in [-0.3, -0.25) is 9.97 Å². The van der Waals surface area contributed by atoms with Crippen LogP contribution in [0.2, 0.25) is 0 Å². The number of carbonyl (C=O) groups is 1. The van der Waals surface area contributed by atoms with Crippen molar-refractivity contribution in [1.29, 1.82) is 0 Å². The summed E-state index contributed by atoms with van der Waals surface area (Å²) in [5.74, 6) is -0.359. The predicted octanol–water partition coefficient (Wildman–Crippen LogP) is 4.84. The zero-order valence-electron chi connectivity index (χ0n) is 20.4. The van der Waals surface area contributed by atoms with E-state index in [1.165, 1.54) is 7.11 Å². The van der Waals surface area contributed by atoms with Crippen LogP contribution in [0.1, 0.15) is 50.7 Å². The minimum Gasteiger partial charge on any atom is -0.465 e. The number of nitrogens with one attached hydrogen (secondary N) is 1. The normalized spacial score (nSPS) is 17.2. The number of benzene rings is 1. The predicted molar refractivity (Wildman–Crippen MR) is 142 cm³/mol. The number of thiocarbonyl (C=S) groups is 1. The SMILES string of the molecule is COC(=O)c1cccc(-n2c(C)cc(C3C(c4ccccn4)NC(=S)N3Cc3cccnc3)c2C)c1. The van der Waals surface area contributed by atoms with Crippen molar-refractivity contribution in [2.75, 3.05) is 7.11 Å². The Labute approximate surface area is 215 Å². The maximum atomic E-state index is 12.2. The van der Waals surface area contributed by atoms with Gasteiger partial charge in [-0.25, -0.2) is 4.79 Å². The van der Waals surface area contributed by atoms with Crippen LogP contribution in [0.4, 0.5) is 0 Å². The van der Waals surface area contributed by atoms with Crippen molar-refractivity contribution in [1.82, 2.24) is 24.8 Å². The number of pyridine rings is 2. The first-order chi connectivity index (χ1) is 17.5. The van der Waals surface area contributed by atoms with Gasteiger partial charge in [0.25, 0.3) is 0 Å². The zero-order chi connectivity index (χ0) is 25.2. The fourth-order valence-corrected chi connectivity index (χ4v) is 5.28. The molecule has 0 amide bonds. The second-order valence-corrected chi connectivity index (χ2v) is 9.21. The molecule has 4 heterocycles. The number of hydrogen-bond acceptors (Lipinski definition) is 5. The topological polar surface area (TPSA) is 72.3 Å². The lowest BCUT2D eigenvalue weighted by Crippen LogP contribution is -2.29. The van der Waals surface area contributed by atoms with Crippen molar-refractivity contribution in [3.05, 3.63) is 113 Å². The molecule has 182 valence electrons. The number of hydrogen-bond donors (Lipinski definition) is 1. The third kappa shape index (κ3) is 4.35. The van der Waals surface area contributed by atoms with Crippen molar-refractivity contribution >= 4 is 23.3 Å². The van der Waals surface area contributed by atoms with Crippen LogP contribution in [0.25, 0.3) is 5.69 Å². The van der Waals surface area contributed by atoms with E-state index >= 15 is 0 Å². The largest absolute Gasteiger partial charge is 0.465 e. The number of aromatic nitrogens is 3. The van der Waals surface area contributed by atoms with E-state index in [9.17, 15) is 4.79 Å². The summed E-state index contributed by atoms with van der Waals surface area (Å²) in [6.45, 7) is 4.80. The number of nitrogens with zero attached hydrogens (tertiary/aromatic N) is 4. The van der Waals surface area contributed by atoms with Gasteiger partial charge < -0.3 is 19.5 Å². The maximum absolute atomic E-state index is 12.2. The zero-order valence-corrected chi connectivity index (χ0v) is 21.2. The van der Waals surface area contributed by atoms with Crippen molar-refractivity contribution in [3.63, 3.8) is 0 Å². The molecule has 4 aromatic rings. The Kier molecular flexibility index (Phi) is 6.52. The van der Waals surface area contributed by atoms with Gasteiger partial charge in [0, 0.05) is 42.2 Å². The van der Waals surface area contributed by atoms with Crippen LogP contribution in [0, 0.1) is 13.8 Å². The lowest BCUT2D eigenvalue weighted by Gasteiger charge is -2.28. The fourth-order valence-electron chi connectivity index (χ4n) is 4.98. The molecule has 2 unspecified atom stereocenters. The Balaban J connectivity index is 1.61. The summed E-state index contributed by atoms with van der Waals surface area (Å²) >= 11 is 5.84. The molecule has 0 bridgehead atoms. The van der Waals surface area contributed by atoms with E-state index in [2.05, 4.69) is 50.7 Å². The second kappa shape index (κ2) is 9.91. The van der Waals surface area contributed by atoms with Crippen LogP contribution in [-0.2, 0) is 11.3 Å². The third-order valence-corrected chi connectivity index (χ3v) is 6.94. The van der Waals surface area contributed by atoms with Gasteiger partial charge in [0.15, 0.2) is 5.11 Å². The smallest absolute Gasteiger partial charge is 0.337 e. The molecule has 1 aliphatic rings. The number of aryl methyl sites for hydroxylation is 1. The number of ether oxygens (including phenoxy) is 1. The van der Waals surface area contributed by atoms with Crippen LogP contribution in [0.5, 0.6) is 0 Å². The van der Waals surface area contributed by atoms with Crippen LogP contribution >= 0.6 is 12.2 Å². The molecule has 0 spiro atoms. The van der Waals surface area contributed by atoms with E-state index in [1.807, 2.05) is 54.9 Å². The van der Waals surface area contributed by atoms with Crippen molar-refractivity contribution < 1.29 is 9.53 Å². The Morgan fingerprint density at radius 2 is 1.94 bits per heavy atom. The second-order valence-electron chi connectivity index (χ2n) is 8.82. The molecule has 2 atom stereocenters. The van der Waals surface area contributed by atoms with E-state index in [4.69, 9.17) is 17.0 Å². The molecule has 36 heavy (non-hydrogen) atoms. The van der Waals surface area contributed by atoms with E-state index in [1.54, 1.807) is 12.3 Å². The van der Waals surface area contributed by atoms with E-state index in [-0.39, 0.29) is 18.1 Å². The molecule has 0 saturated carbocycles. The highest BCUT2D eigenvalue weighted by molar-refractivity contribution is 7.80. The van der Waals surface area contributed by atoms with Gasteiger partial charge in [0.1, 0.15) is 0 Å². The highest BCUT2D eigenvalue weighted by atomic mass is 32.1. The monoisotopic (exact) mass is 497 g/mol. The summed E-state index contributed by atoms with van der Waals surface area (Å²) < 4.78 is 7.10. The number of methoxy groups -OCH3 is 1. The minimum absolute atomic E-state index is 0.0867. The van der Waals surface area contributed by atoms with Gasteiger partial charge in [0.05, 0.1) is 30.5 Å². The first kappa shape index (κ1) is 23.7. The number of esters is 1. The minimum atomic E-state index is -0.359. The molecule has 1 fully saturated rings. The van der Waals surface area contributed by atoms with E-state index in [0.717, 1.165) is 33.9 Å². The van der Waals surface area contributed by atoms with Gasteiger partial charge in [-0.05, 0) is 79.7 Å². The summed E-state index contributed by atoms with van der Waals surface area (Å²) in [5, 5.41) is 4.20.